The molecule has 0 unspecified atom stereocenters. The van der Waals surface area contributed by atoms with Crippen LogP contribution in [-0.4, -0.2) is 45.5 Å². The van der Waals surface area contributed by atoms with E-state index in [0.29, 0.717) is 12.3 Å². The van der Waals surface area contributed by atoms with Crippen LogP contribution in [0, 0.1) is 6.92 Å². The smallest absolute Gasteiger partial charge is 0.240 e. The molecule has 0 spiro atoms. The molecule has 7 heteroatoms. The zero-order valence-electron chi connectivity index (χ0n) is 14.5. The molecular formula is C17H26N2O4S. The maximum absolute atomic E-state index is 12.4. The third-order valence-electron chi connectivity index (χ3n) is 4.49. The van der Waals surface area contributed by atoms with E-state index in [9.17, 15) is 13.2 Å². The highest BCUT2D eigenvalue weighted by atomic mass is 32.2. The lowest BCUT2D eigenvalue weighted by Crippen LogP contribution is -2.42. The van der Waals surface area contributed by atoms with Crippen LogP contribution in [0.5, 0.6) is 5.75 Å². The van der Waals surface area contributed by atoms with Crippen molar-refractivity contribution in [2.45, 2.75) is 50.5 Å². The summed E-state index contributed by atoms with van der Waals surface area (Å²) in [5.41, 5.74) is 0.761. The molecule has 1 fully saturated rings. The van der Waals surface area contributed by atoms with Crippen molar-refractivity contribution >= 4 is 15.9 Å². The zero-order chi connectivity index (χ0) is 17.7. The average molecular weight is 354 g/mol. The Labute approximate surface area is 144 Å². The molecule has 0 aromatic heterocycles. The molecule has 1 aliphatic carbocycles. The SMILES string of the molecule is COc1ccc(S(=O)(=O)NCCN(C(C)=O)C2CCCC2)cc1C. The van der Waals surface area contributed by atoms with Gasteiger partial charge in [0, 0.05) is 26.1 Å². The standard InChI is InChI=1S/C17H26N2O4S/c1-13-12-16(8-9-17(13)23-3)24(21,22)18-10-11-19(14(2)20)15-6-4-5-7-15/h8-9,12,15,18H,4-7,10-11H2,1-3H3. The number of carbonyl (C=O) groups excluding carboxylic acids is 1. The first-order valence-corrected chi connectivity index (χ1v) is 9.75. The number of benzene rings is 1. The van der Waals surface area contributed by atoms with Gasteiger partial charge in [0.25, 0.3) is 0 Å². The van der Waals surface area contributed by atoms with E-state index in [2.05, 4.69) is 4.72 Å². The minimum absolute atomic E-state index is 0.00129. The second-order valence-corrected chi connectivity index (χ2v) is 7.95. The summed E-state index contributed by atoms with van der Waals surface area (Å²) in [6.07, 6.45) is 4.27. The van der Waals surface area contributed by atoms with E-state index in [-0.39, 0.29) is 23.4 Å². The number of hydrogen-bond acceptors (Lipinski definition) is 4. The van der Waals surface area contributed by atoms with Gasteiger partial charge in [0.1, 0.15) is 5.75 Å². The fraction of sp³-hybridized carbons (Fsp3) is 0.588. The van der Waals surface area contributed by atoms with Gasteiger partial charge in [-0.25, -0.2) is 13.1 Å². The van der Waals surface area contributed by atoms with Crippen molar-refractivity contribution in [2.75, 3.05) is 20.2 Å². The van der Waals surface area contributed by atoms with Crippen LogP contribution >= 0.6 is 0 Å². The van der Waals surface area contributed by atoms with Crippen LogP contribution in [0.1, 0.15) is 38.2 Å². The number of nitrogens with one attached hydrogen (secondary N) is 1. The van der Waals surface area contributed by atoms with Gasteiger partial charge in [-0.2, -0.15) is 0 Å². The Hall–Kier alpha value is -1.60. The van der Waals surface area contributed by atoms with Gasteiger partial charge in [-0.15, -0.1) is 0 Å². The van der Waals surface area contributed by atoms with Crippen molar-refractivity contribution in [3.05, 3.63) is 23.8 Å². The maximum atomic E-state index is 12.4. The summed E-state index contributed by atoms with van der Waals surface area (Å²) in [4.78, 5) is 13.8. The van der Waals surface area contributed by atoms with Crippen LogP contribution in [0.4, 0.5) is 0 Å². The summed E-state index contributed by atoms with van der Waals surface area (Å²) >= 11 is 0. The molecule has 0 heterocycles. The Kier molecular flexibility index (Phi) is 6.23. The Morgan fingerprint density at radius 3 is 2.54 bits per heavy atom. The minimum Gasteiger partial charge on any atom is -0.496 e. The van der Waals surface area contributed by atoms with E-state index in [1.807, 2.05) is 0 Å². The van der Waals surface area contributed by atoms with Crippen LogP contribution in [0.15, 0.2) is 23.1 Å². The minimum atomic E-state index is -3.60. The fourth-order valence-electron chi connectivity index (χ4n) is 3.21. The van der Waals surface area contributed by atoms with Crippen molar-refractivity contribution < 1.29 is 17.9 Å². The molecule has 1 aromatic carbocycles. The van der Waals surface area contributed by atoms with Gasteiger partial charge in [0.2, 0.25) is 15.9 Å². The lowest BCUT2D eigenvalue weighted by Gasteiger charge is -2.27. The molecule has 134 valence electrons. The van der Waals surface area contributed by atoms with E-state index in [1.54, 1.807) is 38.0 Å². The van der Waals surface area contributed by atoms with Gasteiger partial charge in [0.15, 0.2) is 0 Å². The molecule has 1 saturated carbocycles. The highest BCUT2D eigenvalue weighted by Gasteiger charge is 2.24. The quantitative estimate of drug-likeness (QED) is 0.813. The second-order valence-electron chi connectivity index (χ2n) is 6.18. The van der Waals surface area contributed by atoms with E-state index in [1.165, 1.54) is 6.07 Å². The molecule has 6 nitrogen and oxygen atoms in total. The molecule has 2 rings (SSSR count). The molecule has 1 aliphatic rings. The first-order valence-electron chi connectivity index (χ1n) is 8.26. The number of methoxy groups -OCH3 is 1. The molecule has 1 aromatic rings. The molecule has 0 bridgehead atoms. The Morgan fingerprint density at radius 1 is 1.33 bits per heavy atom. The number of rotatable bonds is 7. The third kappa shape index (κ3) is 4.48. The molecule has 0 aliphatic heterocycles. The number of amides is 1. The number of ether oxygens (including phenoxy) is 1. The van der Waals surface area contributed by atoms with Crippen molar-refractivity contribution in [3.63, 3.8) is 0 Å². The predicted molar refractivity (Wildman–Crippen MR) is 92.6 cm³/mol. The van der Waals surface area contributed by atoms with Gasteiger partial charge in [-0.3, -0.25) is 4.79 Å². The van der Waals surface area contributed by atoms with E-state index < -0.39 is 10.0 Å². The van der Waals surface area contributed by atoms with Gasteiger partial charge in [0.05, 0.1) is 12.0 Å². The predicted octanol–water partition coefficient (Wildman–Crippen LogP) is 2.07. The average Bonchev–Trinajstić information content (AvgIpc) is 3.05. The topological polar surface area (TPSA) is 75.7 Å². The summed E-state index contributed by atoms with van der Waals surface area (Å²) < 4.78 is 32.5. The summed E-state index contributed by atoms with van der Waals surface area (Å²) in [6, 6.07) is 4.99. The van der Waals surface area contributed by atoms with Crippen LogP contribution in [0.2, 0.25) is 0 Å². The number of nitrogens with zero attached hydrogens (tertiary/aromatic N) is 1. The van der Waals surface area contributed by atoms with Crippen LogP contribution in [0.3, 0.4) is 0 Å². The highest BCUT2D eigenvalue weighted by molar-refractivity contribution is 7.89. The summed E-state index contributed by atoms with van der Waals surface area (Å²) in [5.74, 6) is 0.652. The Morgan fingerprint density at radius 2 is 2.00 bits per heavy atom. The van der Waals surface area contributed by atoms with Gasteiger partial charge in [-0.05, 0) is 43.5 Å². The molecular weight excluding hydrogens is 328 g/mol. The van der Waals surface area contributed by atoms with Crippen LogP contribution in [-0.2, 0) is 14.8 Å². The van der Waals surface area contributed by atoms with E-state index >= 15 is 0 Å². The Bertz CT molecular complexity index is 682. The van der Waals surface area contributed by atoms with Crippen molar-refractivity contribution in [1.29, 1.82) is 0 Å². The summed E-state index contributed by atoms with van der Waals surface area (Å²) in [5, 5.41) is 0. The lowest BCUT2D eigenvalue weighted by molar-refractivity contribution is -0.130. The highest BCUT2D eigenvalue weighted by Crippen LogP contribution is 2.24. The molecule has 0 saturated heterocycles. The largest absolute Gasteiger partial charge is 0.496 e. The maximum Gasteiger partial charge on any atom is 0.240 e. The van der Waals surface area contributed by atoms with Crippen LogP contribution < -0.4 is 9.46 Å². The fourth-order valence-corrected chi connectivity index (χ4v) is 4.32. The van der Waals surface area contributed by atoms with Crippen LogP contribution in [0.25, 0.3) is 0 Å². The summed E-state index contributed by atoms with van der Waals surface area (Å²) in [7, 11) is -2.05. The second kappa shape index (κ2) is 7.98. The van der Waals surface area contributed by atoms with E-state index in [0.717, 1.165) is 31.2 Å². The van der Waals surface area contributed by atoms with Gasteiger partial charge in [-0.1, -0.05) is 12.8 Å². The lowest BCUT2D eigenvalue weighted by atomic mass is 10.2. The van der Waals surface area contributed by atoms with Gasteiger partial charge < -0.3 is 9.64 Å². The number of sulfonamides is 1. The monoisotopic (exact) mass is 354 g/mol. The summed E-state index contributed by atoms with van der Waals surface area (Å²) in [6.45, 7) is 3.95. The van der Waals surface area contributed by atoms with Crippen molar-refractivity contribution in [2.24, 2.45) is 0 Å². The Balaban J connectivity index is 1.99. The van der Waals surface area contributed by atoms with Crippen molar-refractivity contribution in [1.82, 2.24) is 9.62 Å². The first kappa shape index (κ1) is 18.7. The number of carbonyl (C=O) groups is 1. The number of aryl methyl sites for hydroxylation is 1. The molecule has 24 heavy (non-hydrogen) atoms. The molecule has 1 amide bonds. The van der Waals surface area contributed by atoms with E-state index in [4.69, 9.17) is 4.74 Å². The molecule has 1 N–H and O–H groups in total. The van der Waals surface area contributed by atoms with Gasteiger partial charge >= 0.3 is 0 Å². The normalized spacial score (nSPS) is 15.5. The molecule has 0 atom stereocenters. The number of hydrogen-bond donors (Lipinski definition) is 1. The first-order chi connectivity index (χ1) is 11.3. The molecule has 0 radical (unpaired) electrons. The van der Waals surface area contributed by atoms with Crippen molar-refractivity contribution in [3.8, 4) is 5.75 Å². The third-order valence-corrected chi connectivity index (χ3v) is 5.95. The zero-order valence-corrected chi connectivity index (χ0v) is 15.4.